The van der Waals surface area contributed by atoms with E-state index in [1.54, 1.807) is 7.11 Å². The summed E-state index contributed by atoms with van der Waals surface area (Å²) in [7, 11) is 5.05. The summed E-state index contributed by atoms with van der Waals surface area (Å²) in [6.07, 6.45) is 1.50. The van der Waals surface area contributed by atoms with Crippen molar-refractivity contribution in [2.45, 2.75) is 32.9 Å². The summed E-state index contributed by atoms with van der Waals surface area (Å²) in [6, 6.07) is 7.88. The largest absolute Gasteiger partial charge is 0.497 e. The number of aliphatic imine (C=N–C) groups is 1. The highest BCUT2D eigenvalue weighted by Crippen LogP contribution is 2.19. The molecule has 31 heavy (non-hydrogen) atoms. The Morgan fingerprint density at radius 1 is 1.19 bits per heavy atom. The van der Waals surface area contributed by atoms with Crippen LogP contribution in [0.1, 0.15) is 30.1 Å². The van der Waals surface area contributed by atoms with Crippen molar-refractivity contribution in [2.24, 2.45) is 18.0 Å². The molecule has 0 amide bonds. The maximum atomic E-state index is 11.8. The zero-order valence-electron chi connectivity index (χ0n) is 18.5. The van der Waals surface area contributed by atoms with Crippen LogP contribution in [0.4, 0.5) is 0 Å². The van der Waals surface area contributed by atoms with Gasteiger partial charge >= 0.3 is 5.97 Å². The lowest BCUT2D eigenvalue weighted by Gasteiger charge is -2.33. The Kier molecular flexibility index (Phi) is 9.53. The van der Waals surface area contributed by atoms with Gasteiger partial charge in [-0.25, -0.2) is 4.99 Å². The van der Waals surface area contributed by atoms with E-state index in [1.165, 1.54) is 7.11 Å². The van der Waals surface area contributed by atoms with Crippen LogP contribution >= 0.6 is 24.0 Å². The average Bonchev–Trinajstić information content (AvgIpc) is 3.11. The zero-order valence-corrected chi connectivity index (χ0v) is 20.8. The Balaban J connectivity index is 0.00000341. The predicted octanol–water partition coefficient (Wildman–Crippen LogP) is 2.28. The first-order valence-electron chi connectivity index (χ1n) is 10.1. The fourth-order valence-corrected chi connectivity index (χ4v) is 3.42. The molecule has 3 rings (SSSR count). The molecule has 0 unspecified atom stereocenters. The molecular formula is C21H31IN6O3. The van der Waals surface area contributed by atoms with Crippen LogP contribution in [0, 0.1) is 12.8 Å². The average molecular weight is 542 g/mol. The molecule has 0 saturated carbocycles. The normalized spacial score (nSPS) is 14.7. The number of halogens is 1. The minimum Gasteiger partial charge on any atom is -0.497 e. The van der Waals surface area contributed by atoms with E-state index in [1.807, 2.05) is 42.8 Å². The lowest BCUT2D eigenvalue weighted by molar-refractivity contribution is -0.146. The lowest BCUT2D eigenvalue weighted by Crippen LogP contribution is -2.46. The number of esters is 1. The van der Waals surface area contributed by atoms with Gasteiger partial charge in [0.05, 0.1) is 33.2 Å². The molecule has 0 bridgehead atoms. The van der Waals surface area contributed by atoms with E-state index in [9.17, 15) is 4.79 Å². The van der Waals surface area contributed by atoms with Gasteiger partial charge in [-0.1, -0.05) is 12.1 Å². The van der Waals surface area contributed by atoms with Crippen LogP contribution in [0.15, 0.2) is 29.3 Å². The van der Waals surface area contributed by atoms with Crippen molar-refractivity contribution in [3.8, 4) is 5.75 Å². The molecule has 1 aliphatic rings. The molecule has 0 radical (unpaired) electrons. The second-order valence-corrected chi connectivity index (χ2v) is 7.35. The number of likely N-dealkylation sites (tertiary alicyclic amines) is 1. The van der Waals surface area contributed by atoms with Crippen LogP contribution < -0.4 is 10.1 Å². The zero-order chi connectivity index (χ0) is 21.5. The van der Waals surface area contributed by atoms with Gasteiger partial charge in [0.1, 0.15) is 11.6 Å². The van der Waals surface area contributed by atoms with Crippen molar-refractivity contribution >= 4 is 35.9 Å². The number of guanidine groups is 1. The molecule has 1 fully saturated rings. The monoisotopic (exact) mass is 542 g/mol. The van der Waals surface area contributed by atoms with Crippen LogP contribution in [-0.2, 0) is 29.7 Å². The number of benzene rings is 1. The fourth-order valence-electron chi connectivity index (χ4n) is 3.42. The number of hydrogen-bond donors (Lipinski definition) is 1. The Bertz CT molecular complexity index is 876. The molecular weight excluding hydrogens is 511 g/mol. The summed E-state index contributed by atoms with van der Waals surface area (Å²) < 4.78 is 12.1. The van der Waals surface area contributed by atoms with E-state index in [4.69, 9.17) is 14.5 Å². The van der Waals surface area contributed by atoms with Crippen molar-refractivity contribution in [1.29, 1.82) is 0 Å². The van der Waals surface area contributed by atoms with E-state index in [2.05, 4.69) is 20.4 Å². The molecule has 0 atom stereocenters. The molecule has 9 nitrogen and oxygen atoms in total. The third kappa shape index (κ3) is 6.55. The van der Waals surface area contributed by atoms with Gasteiger partial charge < -0.3 is 24.3 Å². The Hall–Kier alpha value is -2.37. The van der Waals surface area contributed by atoms with Crippen LogP contribution in [-0.4, -0.2) is 58.9 Å². The number of piperidine rings is 1. The van der Waals surface area contributed by atoms with Crippen molar-refractivity contribution in [2.75, 3.05) is 27.3 Å². The molecule has 170 valence electrons. The first-order chi connectivity index (χ1) is 14.5. The number of aryl methyl sites for hydroxylation is 1. The van der Waals surface area contributed by atoms with Crippen molar-refractivity contribution in [3.05, 3.63) is 41.5 Å². The van der Waals surface area contributed by atoms with Gasteiger partial charge in [-0.3, -0.25) is 4.79 Å². The highest BCUT2D eigenvalue weighted by atomic mass is 127. The van der Waals surface area contributed by atoms with E-state index in [0.717, 1.165) is 54.9 Å². The summed E-state index contributed by atoms with van der Waals surface area (Å²) in [4.78, 5) is 18.9. The number of methoxy groups -OCH3 is 2. The highest BCUT2D eigenvalue weighted by Gasteiger charge is 2.27. The lowest BCUT2D eigenvalue weighted by atomic mass is 9.97. The number of carbonyl (C=O) groups excluding carboxylic acids is 1. The number of ether oxygens (including phenoxy) is 2. The van der Waals surface area contributed by atoms with Gasteiger partial charge in [0.2, 0.25) is 0 Å². The fraction of sp³-hybridized carbons (Fsp3) is 0.524. The first-order valence-corrected chi connectivity index (χ1v) is 10.1. The van der Waals surface area contributed by atoms with Crippen molar-refractivity contribution in [3.63, 3.8) is 0 Å². The number of nitrogens with zero attached hydrogens (tertiary/aromatic N) is 5. The molecule has 0 spiro atoms. The number of hydrogen-bond acceptors (Lipinski definition) is 6. The predicted molar refractivity (Wildman–Crippen MR) is 128 cm³/mol. The van der Waals surface area contributed by atoms with Crippen molar-refractivity contribution in [1.82, 2.24) is 25.0 Å². The second-order valence-electron chi connectivity index (χ2n) is 7.35. The van der Waals surface area contributed by atoms with E-state index < -0.39 is 0 Å². The molecule has 1 aromatic carbocycles. The van der Waals surface area contributed by atoms with Crippen LogP contribution in [0.3, 0.4) is 0 Å². The summed E-state index contributed by atoms with van der Waals surface area (Å²) in [6.45, 7) is 4.47. The summed E-state index contributed by atoms with van der Waals surface area (Å²) in [5.41, 5.74) is 1.09. The maximum Gasteiger partial charge on any atom is 0.308 e. The summed E-state index contributed by atoms with van der Waals surface area (Å²) in [5, 5.41) is 11.8. The quantitative estimate of drug-likeness (QED) is 0.259. The summed E-state index contributed by atoms with van der Waals surface area (Å²) >= 11 is 0. The van der Waals surface area contributed by atoms with Gasteiger partial charge in [0.25, 0.3) is 0 Å². The maximum absolute atomic E-state index is 11.8. The molecule has 1 saturated heterocycles. The number of nitrogens with one attached hydrogen (secondary N) is 1. The van der Waals surface area contributed by atoms with Gasteiger partial charge in [-0.15, -0.1) is 34.2 Å². The molecule has 1 aliphatic heterocycles. The molecule has 2 aromatic rings. The SMILES string of the molecule is COC(=O)C1CCN(C(=NCc2ccc(OC)cc2)NCc2nnc(C)n2C)CC1.I. The minimum absolute atomic E-state index is 0. The Morgan fingerprint density at radius 3 is 2.42 bits per heavy atom. The number of carbonyl (C=O) groups is 1. The van der Waals surface area contributed by atoms with Crippen LogP contribution in [0.5, 0.6) is 5.75 Å². The topological polar surface area (TPSA) is 93.9 Å². The van der Waals surface area contributed by atoms with E-state index in [0.29, 0.717) is 13.1 Å². The molecule has 0 aliphatic carbocycles. The van der Waals surface area contributed by atoms with E-state index in [-0.39, 0.29) is 35.9 Å². The minimum atomic E-state index is -0.131. The van der Waals surface area contributed by atoms with Crippen molar-refractivity contribution < 1.29 is 14.3 Å². The first kappa shape index (κ1) is 24.9. The van der Waals surface area contributed by atoms with Gasteiger partial charge in [-0.2, -0.15) is 0 Å². The standard InChI is InChI=1S/C21H30N6O3.HI/c1-15-24-25-19(26(15)2)14-23-21(22-13-16-5-7-18(29-3)8-6-16)27-11-9-17(10-12-27)20(28)30-4;/h5-8,17H,9-14H2,1-4H3,(H,22,23);1H. The van der Waals surface area contributed by atoms with Gasteiger partial charge in [0.15, 0.2) is 11.8 Å². The van der Waals surface area contributed by atoms with E-state index >= 15 is 0 Å². The third-order valence-electron chi connectivity index (χ3n) is 5.49. The molecule has 2 heterocycles. The second kappa shape index (κ2) is 11.9. The summed E-state index contributed by atoms with van der Waals surface area (Å²) in [5.74, 6) is 3.15. The van der Waals surface area contributed by atoms with Crippen LogP contribution in [0.2, 0.25) is 0 Å². The third-order valence-corrected chi connectivity index (χ3v) is 5.49. The molecule has 1 N–H and O–H groups in total. The number of aromatic nitrogens is 3. The van der Waals surface area contributed by atoms with Gasteiger partial charge in [0, 0.05) is 20.1 Å². The Labute approximate surface area is 200 Å². The molecule has 1 aromatic heterocycles. The highest BCUT2D eigenvalue weighted by molar-refractivity contribution is 14.0. The van der Waals surface area contributed by atoms with Crippen LogP contribution in [0.25, 0.3) is 0 Å². The molecule has 10 heteroatoms. The Morgan fingerprint density at radius 2 is 1.87 bits per heavy atom. The smallest absolute Gasteiger partial charge is 0.308 e. The number of rotatable bonds is 6. The van der Waals surface area contributed by atoms with Gasteiger partial charge in [-0.05, 0) is 37.5 Å².